The molecule has 0 spiro atoms. The fraction of sp³-hybridized carbons (Fsp3) is 0.385. The third-order valence-electron chi connectivity index (χ3n) is 2.97. The Labute approximate surface area is 106 Å². The summed E-state index contributed by atoms with van der Waals surface area (Å²) >= 11 is 0. The number of rotatable bonds is 5. The minimum absolute atomic E-state index is 0.0631. The van der Waals surface area contributed by atoms with Crippen LogP contribution in [0.5, 0.6) is 0 Å². The number of hydrogen-bond acceptors (Lipinski definition) is 3. The second-order valence-electron chi connectivity index (χ2n) is 4.05. The fourth-order valence-electron chi connectivity index (χ4n) is 2.10. The highest BCUT2D eigenvalue weighted by Gasteiger charge is 2.16. The highest BCUT2D eigenvalue weighted by atomic mass is 16.4. The first-order valence-electron chi connectivity index (χ1n) is 6.09. The van der Waals surface area contributed by atoms with E-state index >= 15 is 0 Å². The number of benzene rings is 1. The van der Waals surface area contributed by atoms with Gasteiger partial charge in [0, 0.05) is 13.1 Å². The molecule has 0 saturated carbocycles. The summed E-state index contributed by atoms with van der Waals surface area (Å²) in [5, 5.41) is 9.03. The van der Waals surface area contributed by atoms with E-state index in [1.807, 2.05) is 38.1 Å². The molecule has 0 aliphatic heterocycles. The standard InChI is InChI=1S/C13H17N3O2/c1-3-15(4-2)13-14-10-7-5-6-8-11(10)16(13)9-12(17)18/h5-8H,3-4,9H2,1-2H3,(H,17,18). The van der Waals surface area contributed by atoms with Crippen LogP contribution in [-0.4, -0.2) is 33.7 Å². The van der Waals surface area contributed by atoms with Gasteiger partial charge in [-0.2, -0.15) is 0 Å². The molecular weight excluding hydrogens is 230 g/mol. The smallest absolute Gasteiger partial charge is 0.323 e. The van der Waals surface area contributed by atoms with Gasteiger partial charge in [-0.3, -0.25) is 9.36 Å². The largest absolute Gasteiger partial charge is 0.480 e. The van der Waals surface area contributed by atoms with Crippen LogP contribution in [0, 0.1) is 0 Å². The van der Waals surface area contributed by atoms with Crippen LogP contribution in [0.3, 0.4) is 0 Å². The summed E-state index contributed by atoms with van der Waals surface area (Å²) in [6, 6.07) is 7.61. The fourth-order valence-corrected chi connectivity index (χ4v) is 2.10. The van der Waals surface area contributed by atoms with Gasteiger partial charge in [0.25, 0.3) is 0 Å². The average Bonchev–Trinajstić information content (AvgIpc) is 2.70. The maximum absolute atomic E-state index is 11.0. The normalized spacial score (nSPS) is 10.8. The van der Waals surface area contributed by atoms with E-state index in [0.717, 1.165) is 30.1 Å². The molecule has 2 aromatic rings. The number of para-hydroxylation sites is 2. The molecule has 5 nitrogen and oxygen atoms in total. The molecule has 18 heavy (non-hydrogen) atoms. The molecule has 0 saturated heterocycles. The number of imidazole rings is 1. The number of hydrogen-bond donors (Lipinski definition) is 1. The summed E-state index contributed by atoms with van der Waals surface area (Å²) in [5.41, 5.74) is 1.70. The minimum Gasteiger partial charge on any atom is -0.480 e. The number of anilines is 1. The van der Waals surface area contributed by atoms with Crippen molar-refractivity contribution in [1.82, 2.24) is 9.55 Å². The summed E-state index contributed by atoms with van der Waals surface area (Å²) < 4.78 is 1.75. The van der Waals surface area contributed by atoms with E-state index in [1.165, 1.54) is 0 Å². The molecule has 5 heteroatoms. The number of aromatic nitrogens is 2. The van der Waals surface area contributed by atoms with Crippen molar-refractivity contribution in [2.45, 2.75) is 20.4 Å². The number of nitrogens with zero attached hydrogens (tertiary/aromatic N) is 3. The highest BCUT2D eigenvalue weighted by molar-refractivity contribution is 5.81. The summed E-state index contributed by atoms with van der Waals surface area (Å²) in [5.74, 6) is -0.129. The number of carboxylic acid groups (broad SMARTS) is 1. The monoisotopic (exact) mass is 247 g/mol. The lowest BCUT2D eigenvalue weighted by Crippen LogP contribution is -2.26. The summed E-state index contributed by atoms with van der Waals surface area (Å²) in [4.78, 5) is 17.6. The molecule has 0 bridgehead atoms. The molecule has 0 atom stereocenters. The van der Waals surface area contributed by atoms with E-state index in [-0.39, 0.29) is 6.54 Å². The van der Waals surface area contributed by atoms with Gasteiger partial charge < -0.3 is 10.0 Å². The van der Waals surface area contributed by atoms with Gasteiger partial charge in [-0.15, -0.1) is 0 Å². The third kappa shape index (κ3) is 2.16. The molecule has 0 aliphatic rings. The van der Waals surface area contributed by atoms with E-state index in [2.05, 4.69) is 9.88 Å². The topological polar surface area (TPSA) is 58.4 Å². The van der Waals surface area contributed by atoms with Gasteiger partial charge >= 0.3 is 5.97 Å². The molecule has 1 heterocycles. The number of fused-ring (bicyclic) bond motifs is 1. The molecule has 0 unspecified atom stereocenters. The molecule has 1 aromatic carbocycles. The van der Waals surface area contributed by atoms with Gasteiger partial charge in [-0.05, 0) is 26.0 Å². The van der Waals surface area contributed by atoms with E-state index in [0.29, 0.717) is 0 Å². The predicted octanol–water partition coefficient (Wildman–Crippen LogP) is 1.97. The number of carbonyl (C=O) groups is 1. The van der Waals surface area contributed by atoms with Crippen LogP contribution in [-0.2, 0) is 11.3 Å². The predicted molar refractivity (Wildman–Crippen MR) is 70.9 cm³/mol. The van der Waals surface area contributed by atoms with Crippen LogP contribution in [0.1, 0.15) is 13.8 Å². The van der Waals surface area contributed by atoms with Gasteiger partial charge in [-0.25, -0.2) is 4.98 Å². The summed E-state index contributed by atoms with van der Waals surface area (Å²) in [7, 11) is 0. The third-order valence-corrected chi connectivity index (χ3v) is 2.97. The lowest BCUT2D eigenvalue weighted by atomic mass is 10.3. The zero-order valence-electron chi connectivity index (χ0n) is 10.6. The Hall–Kier alpha value is -2.04. The highest BCUT2D eigenvalue weighted by Crippen LogP contribution is 2.22. The maximum Gasteiger partial charge on any atom is 0.323 e. The first-order chi connectivity index (χ1) is 8.67. The van der Waals surface area contributed by atoms with Crippen molar-refractivity contribution in [3.63, 3.8) is 0 Å². The van der Waals surface area contributed by atoms with E-state index in [1.54, 1.807) is 4.57 Å². The van der Waals surface area contributed by atoms with Crippen LogP contribution in [0.25, 0.3) is 11.0 Å². The first-order valence-corrected chi connectivity index (χ1v) is 6.09. The molecule has 1 aromatic heterocycles. The first kappa shape index (κ1) is 12.4. The summed E-state index contributed by atoms with van der Waals surface area (Å²) in [6.07, 6.45) is 0. The molecule has 0 fully saturated rings. The molecule has 0 amide bonds. The molecule has 2 rings (SSSR count). The van der Waals surface area contributed by atoms with Crippen molar-refractivity contribution in [1.29, 1.82) is 0 Å². The average molecular weight is 247 g/mol. The van der Waals surface area contributed by atoms with Crippen molar-refractivity contribution in [3.8, 4) is 0 Å². The van der Waals surface area contributed by atoms with Crippen molar-refractivity contribution < 1.29 is 9.90 Å². The summed E-state index contributed by atoms with van der Waals surface area (Å²) in [6.45, 7) is 5.62. The zero-order valence-corrected chi connectivity index (χ0v) is 10.6. The van der Waals surface area contributed by atoms with Crippen LogP contribution in [0.15, 0.2) is 24.3 Å². The van der Waals surface area contributed by atoms with Crippen molar-refractivity contribution in [3.05, 3.63) is 24.3 Å². The Morgan fingerprint density at radius 3 is 2.61 bits per heavy atom. The van der Waals surface area contributed by atoms with Crippen molar-refractivity contribution in [2.24, 2.45) is 0 Å². The van der Waals surface area contributed by atoms with Crippen molar-refractivity contribution >= 4 is 23.0 Å². The number of aliphatic carboxylic acids is 1. The van der Waals surface area contributed by atoms with Crippen molar-refractivity contribution in [2.75, 3.05) is 18.0 Å². The van der Waals surface area contributed by atoms with Crippen LogP contribution in [0.4, 0.5) is 5.95 Å². The minimum atomic E-state index is -0.855. The Balaban J connectivity index is 2.59. The van der Waals surface area contributed by atoms with Crippen LogP contribution in [0.2, 0.25) is 0 Å². The second kappa shape index (κ2) is 5.08. The van der Waals surface area contributed by atoms with Gasteiger partial charge in [-0.1, -0.05) is 12.1 Å². The van der Waals surface area contributed by atoms with Gasteiger partial charge in [0.2, 0.25) is 5.95 Å². The van der Waals surface area contributed by atoms with Gasteiger partial charge in [0.1, 0.15) is 6.54 Å². The zero-order chi connectivity index (χ0) is 13.1. The second-order valence-corrected chi connectivity index (χ2v) is 4.05. The lowest BCUT2D eigenvalue weighted by molar-refractivity contribution is -0.137. The Bertz CT molecular complexity index is 558. The van der Waals surface area contributed by atoms with Gasteiger partial charge in [0.15, 0.2) is 0 Å². The van der Waals surface area contributed by atoms with Gasteiger partial charge in [0.05, 0.1) is 11.0 Å². The Morgan fingerprint density at radius 1 is 1.33 bits per heavy atom. The Morgan fingerprint density at radius 2 is 2.00 bits per heavy atom. The SMILES string of the molecule is CCN(CC)c1nc2ccccc2n1CC(=O)O. The van der Waals surface area contributed by atoms with E-state index in [4.69, 9.17) is 5.11 Å². The molecular formula is C13H17N3O2. The van der Waals surface area contributed by atoms with Crippen LogP contribution < -0.4 is 4.90 Å². The Kier molecular flexibility index (Phi) is 3.50. The number of carboxylic acids is 1. The molecule has 0 radical (unpaired) electrons. The van der Waals surface area contributed by atoms with Crippen LogP contribution >= 0.6 is 0 Å². The van der Waals surface area contributed by atoms with E-state index in [9.17, 15) is 4.79 Å². The molecule has 0 aliphatic carbocycles. The van der Waals surface area contributed by atoms with E-state index < -0.39 is 5.97 Å². The molecule has 1 N–H and O–H groups in total. The molecule has 96 valence electrons. The quantitative estimate of drug-likeness (QED) is 0.877. The lowest BCUT2D eigenvalue weighted by Gasteiger charge is -2.20. The maximum atomic E-state index is 11.0.